The van der Waals surface area contributed by atoms with E-state index in [0.29, 0.717) is 36.9 Å². The second kappa shape index (κ2) is 10.9. The summed E-state index contributed by atoms with van der Waals surface area (Å²) >= 11 is 5.95. The van der Waals surface area contributed by atoms with Crippen molar-refractivity contribution in [3.05, 3.63) is 41.1 Å². The number of hydrogen-bond acceptors (Lipinski definition) is 5. The van der Waals surface area contributed by atoms with Gasteiger partial charge in [-0.05, 0) is 43.7 Å². The molecule has 35 heavy (non-hydrogen) atoms. The number of aromatic nitrogens is 2. The second-order valence-corrected chi connectivity index (χ2v) is 11.2. The average Bonchev–Trinajstić information content (AvgIpc) is 3.24. The van der Waals surface area contributed by atoms with E-state index in [2.05, 4.69) is 15.2 Å². The number of aryl methyl sites for hydroxylation is 1. The maximum Gasteiger partial charge on any atom is 0.319 e. The molecule has 0 spiro atoms. The quantitative estimate of drug-likeness (QED) is 0.536. The Balaban J connectivity index is 1.58. The largest absolute Gasteiger partial charge is 0.340 e. The Morgan fingerprint density at radius 3 is 2.43 bits per heavy atom. The van der Waals surface area contributed by atoms with Gasteiger partial charge in [-0.25, -0.2) is 22.6 Å². The summed E-state index contributed by atoms with van der Waals surface area (Å²) in [6, 6.07) is 2.57. The van der Waals surface area contributed by atoms with Crippen molar-refractivity contribution >= 4 is 33.6 Å². The van der Waals surface area contributed by atoms with Crippen molar-refractivity contribution in [2.45, 2.75) is 31.7 Å². The summed E-state index contributed by atoms with van der Waals surface area (Å²) < 4.78 is 41.3. The molecular weight excluding hydrogens is 499 g/mol. The van der Waals surface area contributed by atoms with Crippen LogP contribution in [0.25, 0.3) is 11.3 Å². The highest BCUT2D eigenvalue weighted by Crippen LogP contribution is 2.29. The van der Waals surface area contributed by atoms with Gasteiger partial charge >= 0.3 is 6.03 Å². The molecule has 1 saturated carbocycles. The van der Waals surface area contributed by atoms with E-state index >= 15 is 0 Å². The van der Waals surface area contributed by atoms with Crippen LogP contribution in [-0.4, -0.2) is 72.6 Å². The van der Waals surface area contributed by atoms with Crippen LogP contribution in [0, 0.1) is 11.7 Å². The topological polar surface area (TPSA) is 117 Å². The van der Waals surface area contributed by atoms with Crippen LogP contribution >= 0.6 is 11.6 Å². The van der Waals surface area contributed by atoms with Crippen LogP contribution in [0.1, 0.15) is 36.0 Å². The Hall–Kier alpha value is -2.70. The molecule has 1 heterocycles. The first-order chi connectivity index (χ1) is 16.4. The molecule has 1 fully saturated rings. The fourth-order valence-electron chi connectivity index (χ4n) is 4.18. The van der Waals surface area contributed by atoms with Crippen LogP contribution in [0.2, 0.25) is 5.02 Å². The zero-order valence-electron chi connectivity index (χ0n) is 20.1. The van der Waals surface area contributed by atoms with E-state index in [1.54, 1.807) is 50.2 Å². The van der Waals surface area contributed by atoms with Crippen molar-refractivity contribution in [1.82, 2.24) is 29.6 Å². The van der Waals surface area contributed by atoms with Crippen LogP contribution in [-0.2, 0) is 17.1 Å². The predicted octanol–water partition coefficient (Wildman–Crippen LogP) is 2.62. The first-order valence-electron chi connectivity index (χ1n) is 11.1. The van der Waals surface area contributed by atoms with Crippen LogP contribution in [0.3, 0.4) is 0 Å². The maximum atomic E-state index is 14.5. The number of urea groups is 1. The molecule has 0 saturated heterocycles. The first kappa shape index (κ1) is 26.9. The lowest BCUT2D eigenvalue weighted by Gasteiger charge is -2.35. The van der Waals surface area contributed by atoms with Crippen molar-refractivity contribution in [3.8, 4) is 11.3 Å². The Kier molecular flexibility index (Phi) is 8.39. The third-order valence-corrected chi connectivity index (χ3v) is 7.70. The maximum absolute atomic E-state index is 14.5. The lowest BCUT2D eigenvalue weighted by molar-refractivity contribution is 0.0941. The number of amides is 3. The number of benzene rings is 1. The van der Waals surface area contributed by atoms with E-state index in [1.165, 1.54) is 17.0 Å². The number of rotatable bonds is 7. The number of sulfonamides is 1. The minimum Gasteiger partial charge on any atom is -0.340 e. The lowest BCUT2D eigenvalue weighted by atomic mass is 9.86. The van der Waals surface area contributed by atoms with E-state index in [0.717, 1.165) is 0 Å². The van der Waals surface area contributed by atoms with Crippen molar-refractivity contribution in [2.75, 3.05) is 26.9 Å². The Morgan fingerprint density at radius 1 is 1.20 bits per heavy atom. The lowest BCUT2D eigenvalue weighted by Crippen LogP contribution is -2.46. The van der Waals surface area contributed by atoms with Crippen molar-refractivity contribution in [2.24, 2.45) is 13.0 Å². The Morgan fingerprint density at radius 2 is 1.86 bits per heavy atom. The number of halogens is 2. The molecule has 3 rings (SSSR count). The molecule has 0 atom stereocenters. The van der Waals surface area contributed by atoms with Gasteiger partial charge in [0.05, 0.1) is 28.4 Å². The molecule has 0 bridgehead atoms. The molecule has 1 aromatic carbocycles. The van der Waals surface area contributed by atoms with Gasteiger partial charge in [-0.2, -0.15) is 0 Å². The van der Waals surface area contributed by atoms with Gasteiger partial charge in [-0.15, -0.1) is 4.83 Å². The van der Waals surface area contributed by atoms with Crippen molar-refractivity contribution < 1.29 is 22.4 Å². The Labute approximate surface area is 209 Å². The molecule has 2 aromatic rings. The second-order valence-electron chi connectivity index (χ2n) is 9.04. The van der Waals surface area contributed by atoms with Gasteiger partial charge in [0.2, 0.25) is 10.0 Å². The summed E-state index contributed by atoms with van der Waals surface area (Å²) in [6.07, 6.45) is 5.85. The molecule has 1 aromatic heterocycles. The van der Waals surface area contributed by atoms with E-state index in [-0.39, 0.29) is 28.8 Å². The molecule has 1 aliphatic rings. The number of carbonyl (C=O) groups excluding carboxylic acids is 2. The number of imidazole rings is 1. The number of hydrazine groups is 1. The van der Waals surface area contributed by atoms with Crippen molar-refractivity contribution in [1.29, 1.82) is 0 Å². The number of carbonyl (C=O) groups is 2. The molecule has 0 unspecified atom stereocenters. The molecule has 1 aliphatic carbocycles. The standard InChI is InChI=1S/C22H30ClFN6O4S/c1-28(2)22(32)30(4)16-7-5-14(6-8-16)12-35(33,34)27-26-21(31)17-9-15(10-18(23)20(17)24)19-11-29(3)13-25-19/h9-11,13-14,16,27H,5-8,12H2,1-4H3,(H,26,31)/t14-,16-. The molecule has 13 heteroatoms. The fourth-order valence-corrected chi connectivity index (χ4v) is 5.68. The highest BCUT2D eigenvalue weighted by Gasteiger charge is 2.30. The van der Waals surface area contributed by atoms with Gasteiger partial charge in [0.1, 0.15) is 0 Å². The summed E-state index contributed by atoms with van der Waals surface area (Å²) in [5, 5.41) is -0.282. The summed E-state index contributed by atoms with van der Waals surface area (Å²) in [7, 11) is 3.00. The summed E-state index contributed by atoms with van der Waals surface area (Å²) in [6.45, 7) is 0. The van der Waals surface area contributed by atoms with Crippen LogP contribution in [0.15, 0.2) is 24.7 Å². The molecule has 3 amide bonds. The average molecular weight is 529 g/mol. The summed E-state index contributed by atoms with van der Waals surface area (Å²) in [4.78, 5) is 34.1. The third-order valence-electron chi connectivity index (χ3n) is 6.10. The minimum atomic E-state index is -3.88. The number of nitrogens with zero attached hydrogens (tertiary/aromatic N) is 4. The van der Waals surface area contributed by atoms with Gasteiger partial charge in [0.25, 0.3) is 5.91 Å². The zero-order valence-corrected chi connectivity index (χ0v) is 21.7. The molecule has 2 N–H and O–H groups in total. The minimum absolute atomic E-state index is 0.0515. The monoisotopic (exact) mass is 528 g/mol. The highest BCUT2D eigenvalue weighted by molar-refractivity contribution is 7.89. The zero-order chi connectivity index (χ0) is 25.9. The smallest absolute Gasteiger partial charge is 0.319 e. The predicted molar refractivity (Wildman–Crippen MR) is 131 cm³/mol. The SMILES string of the molecule is CN(C)C(=O)N(C)[C@H]1CC[C@H](CS(=O)(=O)NNC(=O)c2cc(-c3cn(C)cn3)cc(Cl)c2F)CC1. The van der Waals surface area contributed by atoms with E-state index < -0.39 is 27.3 Å². The van der Waals surface area contributed by atoms with E-state index in [1.807, 2.05) is 0 Å². The molecule has 0 aliphatic heterocycles. The van der Waals surface area contributed by atoms with Crippen LogP contribution in [0.4, 0.5) is 9.18 Å². The molecular formula is C22H30ClFN6O4S. The van der Waals surface area contributed by atoms with Gasteiger partial charge in [0, 0.05) is 46.0 Å². The first-order valence-corrected chi connectivity index (χ1v) is 13.1. The number of nitrogens with one attached hydrogen (secondary N) is 2. The number of hydrogen-bond donors (Lipinski definition) is 2. The Bertz CT molecular complexity index is 1190. The van der Waals surface area contributed by atoms with E-state index in [9.17, 15) is 22.4 Å². The van der Waals surface area contributed by atoms with Crippen LogP contribution in [0.5, 0.6) is 0 Å². The summed E-state index contributed by atoms with van der Waals surface area (Å²) in [5.74, 6) is -2.25. The third kappa shape index (κ3) is 6.71. The molecule has 192 valence electrons. The van der Waals surface area contributed by atoms with Crippen LogP contribution < -0.4 is 10.3 Å². The van der Waals surface area contributed by atoms with Gasteiger partial charge < -0.3 is 14.4 Å². The van der Waals surface area contributed by atoms with Crippen molar-refractivity contribution in [3.63, 3.8) is 0 Å². The van der Waals surface area contributed by atoms with E-state index in [4.69, 9.17) is 11.6 Å². The van der Waals surface area contributed by atoms with Gasteiger partial charge in [-0.3, -0.25) is 10.2 Å². The summed E-state index contributed by atoms with van der Waals surface area (Å²) in [5.41, 5.74) is 2.57. The highest BCUT2D eigenvalue weighted by atomic mass is 35.5. The molecule has 10 nitrogen and oxygen atoms in total. The normalized spacial score (nSPS) is 18.2. The molecule has 0 radical (unpaired) electrons. The van der Waals surface area contributed by atoms with Gasteiger partial charge in [-0.1, -0.05) is 11.6 Å². The van der Waals surface area contributed by atoms with Gasteiger partial charge in [0.15, 0.2) is 5.82 Å². The fraction of sp³-hybridized carbons (Fsp3) is 0.500.